The van der Waals surface area contributed by atoms with Crippen molar-refractivity contribution in [1.82, 2.24) is 30.8 Å². The number of hydrogen-bond acceptors (Lipinski definition) is 6. The average molecular weight is 526 g/mol. The van der Waals surface area contributed by atoms with Crippen LogP contribution in [0.3, 0.4) is 0 Å². The van der Waals surface area contributed by atoms with Gasteiger partial charge in [-0.15, -0.1) is 10.2 Å². The molecule has 3 aromatic carbocycles. The average Bonchev–Trinajstić information content (AvgIpc) is 3.53. The molecule has 2 amide bonds. The van der Waals surface area contributed by atoms with Gasteiger partial charge in [-0.3, -0.25) is 9.59 Å². The molecule has 4 aromatic rings. The molecule has 0 fully saturated rings. The zero-order chi connectivity index (χ0) is 27.6. The number of tetrazole rings is 1. The van der Waals surface area contributed by atoms with E-state index in [0.717, 1.165) is 27.8 Å². The molecule has 39 heavy (non-hydrogen) atoms. The molecule has 9 nitrogen and oxygen atoms in total. The molecule has 1 heterocycles. The minimum atomic E-state index is -0.632. The summed E-state index contributed by atoms with van der Waals surface area (Å²) in [6, 6.07) is 25.3. The van der Waals surface area contributed by atoms with Crippen molar-refractivity contribution >= 4 is 11.8 Å². The van der Waals surface area contributed by atoms with E-state index in [1.54, 1.807) is 11.8 Å². The Morgan fingerprint density at radius 3 is 2.28 bits per heavy atom. The molecule has 1 unspecified atom stereocenters. The molecule has 2 atom stereocenters. The number of rotatable bonds is 12. The summed E-state index contributed by atoms with van der Waals surface area (Å²) in [6.07, 6.45) is 1.19. The van der Waals surface area contributed by atoms with Crippen molar-refractivity contribution in [3.63, 3.8) is 0 Å². The molecule has 0 aliphatic rings. The van der Waals surface area contributed by atoms with E-state index in [1.807, 2.05) is 85.8 Å². The summed E-state index contributed by atoms with van der Waals surface area (Å²) in [7, 11) is 0. The third-order valence-corrected chi connectivity index (χ3v) is 6.83. The first-order chi connectivity index (χ1) is 19.0. The van der Waals surface area contributed by atoms with Crippen molar-refractivity contribution in [2.75, 3.05) is 13.1 Å². The molecule has 4 rings (SSSR count). The van der Waals surface area contributed by atoms with Crippen molar-refractivity contribution in [3.05, 3.63) is 90.0 Å². The van der Waals surface area contributed by atoms with E-state index in [1.165, 1.54) is 0 Å². The molecule has 1 aromatic heterocycles. The lowest BCUT2D eigenvalue weighted by atomic mass is 9.98. The largest absolute Gasteiger partial charge is 0.344 e. The highest BCUT2D eigenvalue weighted by atomic mass is 16.2. The molecule has 0 radical (unpaired) electrons. The number of carbonyl (C=O) groups excluding carboxylic acids is 2. The smallest absolute Gasteiger partial charge is 0.245 e. The van der Waals surface area contributed by atoms with Gasteiger partial charge in [0.1, 0.15) is 6.04 Å². The molecule has 0 aliphatic heterocycles. The van der Waals surface area contributed by atoms with Crippen LogP contribution in [0.5, 0.6) is 0 Å². The third-order valence-electron chi connectivity index (χ3n) is 6.83. The van der Waals surface area contributed by atoms with E-state index in [4.69, 9.17) is 5.73 Å². The Kier molecular flexibility index (Phi) is 9.53. The number of amides is 2. The number of benzene rings is 3. The Bertz CT molecular complexity index is 1340. The summed E-state index contributed by atoms with van der Waals surface area (Å²) < 4.78 is 0. The van der Waals surface area contributed by atoms with Crippen molar-refractivity contribution in [2.45, 2.75) is 39.3 Å². The minimum absolute atomic E-state index is 0.0995. The van der Waals surface area contributed by atoms with Crippen LogP contribution in [0.15, 0.2) is 78.9 Å². The van der Waals surface area contributed by atoms with Gasteiger partial charge in [0.25, 0.3) is 0 Å². The molecular formula is C30H35N7O2. The number of hydrogen-bond donors (Lipinski definition) is 3. The van der Waals surface area contributed by atoms with Crippen LogP contribution in [0.4, 0.5) is 0 Å². The van der Waals surface area contributed by atoms with Crippen LogP contribution in [-0.4, -0.2) is 56.5 Å². The zero-order valence-corrected chi connectivity index (χ0v) is 22.4. The van der Waals surface area contributed by atoms with E-state index in [0.29, 0.717) is 31.8 Å². The molecule has 0 bridgehead atoms. The van der Waals surface area contributed by atoms with Crippen LogP contribution in [0.25, 0.3) is 22.5 Å². The van der Waals surface area contributed by atoms with Crippen LogP contribution < -0.4 is 11.1 Å². The molecule has 0 saturated carbocycles. The fourth-order valence-electron chi connectivity index (χ4n) is 4.42. The molecule has 9 heteroatoms. The van der Waals surface area contributed by atoms with Gasteiger partial charge in [-0.1, -0.05) is 85.8 Å². The van der Waals surface area contributed by atoms with Crippen LogP contribution in [0.2, 0.25) is 0 Å². The van der Waals surface area contributed by atoms with Gasteiger partial charge < -0.3 is 16.0 Å². The normalized spacial score (nSPS) is 12.5. The highest BCUT2D eigenvalue weighted by molar-refractivity contribution is 5.88. The maximum Gasteiger partial charge on any atom is 0.245 e. The molecule has 202 valence electrons. The monoisotopic (exact) mass is 525 g/mol. The lowest BCUT2D eigenvalue weighted by molar-refractivity contribution is -0.137. The van der Waals surface area contributed by atoms with Crippen molar-refractivity contribution in [2.24, 2.45) is 11.7 Å². The van der Waals surface area contributed by atoms with Gasteiger partial charge in [0.15, 0.2) is 0 Å². The summed E-state index contributed by atoms with van der Waals surface area (Å²) >= 11 is 0. The Balaban J connectivity index is 1.49. The zero-order valence-electron chi connectivity index (χ0n) is 22.4. The minimum Gasteiger partial charge on any atom is -0.344 e. The van der Waals surface area contributed by atoms with Crippen LogP contribution in [-0.2, 0) is 22.6 Å². The van der Waals surface area contributed by atoms with Crippen molar-refractivity contribution in [1.29, 1.82) is 0 Å². The van der Waals surface area contributed by atoms with E-state index < -0.39 is 6.04 Å². The first-order valence-corrected chi connectivity index (χ1v) is 13.3. The van der Waals surface area contributed by atoms with Crippen molar-refractivity contribution in [3.8, 4) is 22.5 Å². The van der Waals surface area contributed by atoms with Crippen molar-refractivity contribution < 1.29 is 9.59 Å². The van der Waals surface area contributed by atoms with Gasteiger partial charge >= 0.3 is 0 Å². The van der Waals surface area contributed by atoms with Crippen LogP contribution in [0, 0.1) is 5.92 Å². The van der Waals surface area contributed by atoms with Gasteiger partial charge in [0.2, 0.25) is 17.6 Å². The number of likely N-dealkylation sites (N-methyl/N-ethyl adjacent to an activating group) is 1. The quantitative estimate of drug-likeness (QED) is 0.259. The molecule has 0 spiro atoms. The van der Waals surface area contributed by atoms with Gasteiger partial charge in [-0.05, 0) is 47.2 Å². The second kappa shape index (κ2) is 13.4. The fourth-order valence-corrected chi connectivity index (χ4v) is 4.42. The summed E-state index contributed by atoms with van der Waals surface area (Å²) in [5.74, 6) is -0.137. The van der Waals surface area contributed by atoms with Gasteiger partial charge in [0.05, 0.1) is 0 Å². The van der Waals surface area contributed by atoms with E-state index in [-0.39, 0.29) is 24.3 Å². The topological polar surface area (TPSA) is 130 Å². The first kappa shape index (κ1) is 27.7. The summed E-state index contributed by atoms with van der Waals surface area (Å²) in [4.78, 5) is 28.1. The summed E-state index contributed by atoms with van der Waals surface area (Å²) in [5, 5.41) is 17.4. The Labute approximate surface area is 228 Å². The van der Waals surface area contributed by atoms with Crippen LogP contribution in [0.1, 0.15) is 31.4 Å². The molecule has 4 N–H and O–H groups in total. The number of carbonyl (C=O) groups is 2. The van der Waals surface area contributed by atoms with Gasteiger partial charge in [-0.2, -0.15) is 5.21 Å². The number of H-pyrrole nitrogens is 1. The number of nitrogens with zero attached hydrogens (tertiary/aromatic N) is 4. The number of aromatic amines is 1. The maximum atomic E-state index is 13.7. The number of nitrogens with two attached hydrogens (primary N) is 1. The second-order valence-corrected chi connectivity index (χ2v) is 9.55. The number of aryl methyl sites for hydroxylation is 1. The predicted molar refractivity (Wildman–Crippen MR) is 151 cm³/mol. The summed E-state index contributed by atoms with van der Waals surface area (Å²) in [5.41, 5.74) is 10.7. The molecule has 0 aliphatic carbocycles. The van der Waals surface area contributed by atoms with E-state index in [9.17, 15) is 9.59 Å². The standard InChI is InChI=1S/C30H35N7O2/c1-3-37(30(39)27(32-29(38)21(2)19-31)18-15-22-9-5-4-6-10-22)20-23-13-16-24(17-14-23)25-11-7-8-12-26(25)28-33-35-36-34-28/h4-14,16-17,21,27H,3,15,18-20,31H2,1-2H3,(H,32,38)(H,33,34,35,36)/t21?,27-/m1/s1. The first-order valence-electron chi connectivity index (χ1n) is 13.3. The Morgan fingerprint density at radius 2 is 1.64 bits per heavy atom. The fraction of sp³-hybridized carbons (Fsp3) is 0.300. The van der Waals surface area contributed by atoms with Crippen LogP contribution >= 0.6 is 0 Å². The Morgan fingerprint density at radius 1 is 0.949 bits per heavy atom. The van der Waals surface area contributed by atoms with E-state index in [2.05, 4.69) is 25.9 Å². The number of aromatic nitrogens is 4. The van der Waals surface area contributed by atoms with Gasteiger partial charge in [-0.25, -0.2) is 0 Å². The third kappa shape index (κ3) is 7.14. The maximum absolute atomic E-state index is 13.7. The second-order valence-electron chi connectivity index (χ2n) is 9.55. The van der Waals surface area contributed by atoms with Gasteiger partial charge in [0, 0.05) is 31.1 Å². The van der Waals surface area contributed by atoms with E-state index >= 15 is 0 Å². The SMILES string of the molecule is CCN(Cc1ccc(-c2ccccc2-c2nn[nH]n2)cc1)C(=O)[C@@H](CCc1ccccc1)NC(=O)C(C)CN. The number of nitrogens with one attached hydrogen (secondary N) is 2. The molecular weight excluding hydrogens is 490 g/mol. The molecule has 0 saturated heterocycles. The highest BCUT2D eigenvalue weighted by Crippen LogP contribution is 2.30. The summed E-state index contributed by atoms with van der Waals surface area (Å²) in [6.45, 7) is 4.90. The Hall–Kier alpha value is -4.37. The predicted octanol–water partition coefficient (Wildman–Crippen LogP) is 3.59. The highest BCUT2D eigenvalue weighted by Gasteiger charge is 2.26. The lowest BCUT2D eigenvalue weighted by Crippen LogP contribution is -2.50. The lowest BCUT2D eigenvalue weighted by Gasteiger charge is -2.28.